The van der Waals surface area contributed by atoms with E-state index in [2.05, 4.69) is 149 Å². The van der Waals surface area contributed by atoms with E-state index in [0.717, 1.165) is 0 Å². The smallest absolute Gasteiger partial charge is 0.00928 e. The van der Waals surface area contributed by atoms with E-state index in [4.69, 9.17) is 0 Å². The molecular formula is C40H32. The highest BCUT2D eigenvalue weighted by Gasteiger charge is 2.13. The van der Waals surface area contributed by atoms with E-state index < -0.39 is 0 Å². The van der Waals surface area contributed by atoms with E-state index in [0.29, 0.717) is 0 Å². The van der Waals surface area contributed by atoms with Crippen LogP contribution in [-0.2, 0) is 0 Å². The zero-order valence-corrected chi connectivity index (χ0v) is 23.5. The molecule has 0 N–H and O–H groups in total. The molecular weight excluding hydrogens is 480 g/mol. The van der Waals surface area contributed by atoms with Crippen LogP contribution in [0.25, 0.3) is 65.7 Å². The van der Waals surface area contributed by atoms with Gasteiger partial charge in [0.1, 0.15) is 0 Å². The first-order valence-corrected chi connectivity index (χ1v) is 14.1. The van der Waals surface area contributed by atoms with Gasteiger partial charge in [0.2, 0.25) is 0 Å². The molecule has 0 fully saturated rings. The summed E-state index contributed by atoms with van der Waals surface area (Å²) in [6.45, 7) is 8.89. The minimum atomic E-state index is 1.25. The molecule has 0 aliphatic heterocycles. The van der Waals surface area contributed by atoms with E-state index in [1.165, 1.54) is 88.0 Å². The zero-order valence-electron chi connectivity index (χ0n) is 23.5. The predicted octanol–water partition coefficient (Wildman–Crippen LogP) is 11.4. The summed E-state index contributed by atoms with van der Waals surface area (Å²) in [7, 11) is 0. The summed E-state index contributed by atoms with van der Waals surface area (Å²) in [5.41, 5.74) is 13.0. The molecule has 0 heteroatoms. The van der Waals surface area contributed by atoms with Crippen molar-refractivity contribution in [3.8, 4) is 33.4 Å². The fourth-order valence-electron chi connectivity index (χ4n) is 6.75. The highest BCUT2D eigenvalue weighted by molar-refractivity contribution is 6.25. The van der Waals surface area contributed by atoms with Crippen molar-refractivity contribution in [3.63, 3.8) is 0 Å². The maximum Gasteiger partial charge on any atom is -0.00928 e. The molecule has 7 aromatic carbocycles. The van der Waals surface area contributed by atoms with Gasteiger partial charge in [-0.2, -0.15) is 0 Å². The quantitative estimate of drug-likeness (QED) is 0.207. The van der Waals surface area contributed by atoms with Crippen molar-refractivity contribution in [1.82, 2.24) is 0 Å². The SMILES string of the molecule is Cc1cccc(C)c1-c1ccc(-c2cc(C)c(-c3ccc4c5ccccc5c5ccccc5c4c3)c(C)c2)cc1. The van der Waals surface area contributed by atoms with Gasteiger partial charge in [-0.3, -0.25) is 0 Å². The second kappa shape index (κ2) is 9.50. The van der Waals surface area contributed by atoms with Crippen LogP contribution in [0.1, 0.15) is 22.3 Å². The molecule has 0 saturated carbocycles. The van der Waals surface area contributed by atoms with Gasteiger partial charge in [-0.1, -0.05) is 115 Å². The maximum atomic E-state index is 2.40. The topological polar surface area (TPSA) is 0 Å². The van der Waals surface area contributed by atoms with Crippen molar-refractivity contribution < 1.29 is 0 Å². The number of rotatable bonds is 3. The highest BCUT2D eigenvalue weighted by Crippen LogP contribution is 2.39. The average molecular weight is 513 g/mol. The summed E-state index contributed by atoms with van der Waals surface area (Å²) in [6.07, 6.45) is 0. The van der Waals surface area contributed by atoms with Crippen molar-refractivity contribution in [1.29, 1.82) is 0 Å². The van der Waals surface area contributed by atoms with Crippen LogP contribution in [0.2, 0.25) is 0 Å². The van der Waals surface area contributed by atoms with Gasteiger partial charge in [0.15, 0.2) is 0 Å². The van der Waals surface area contributed by atoms with Gasteiger partial charge in [0, 0.05) is 0 Å². The molecule has 192 valence electrons. The summed E-state index contributed by atoms with van der Waals surface area (Å²) >= 11 is 0. The fraction of sp³-hybridized carbons (Fsp3) is 0.100. The second-order valence-corrected chi connectivity index (χ2v) is 11.2. The molecule has 7 rings (SSSR count). The number of aryl methyl sites for hydroxylation is 4. The van der Waals surface area contributed by atoms with Crippen LogP contribution in [0.3, 0.4) is 0 Å². The van der Waals surface area contributed by atoms with Gasteiger partial charge in [0.25, 0.3) is 0 Å². The summed E-state index contributed by atoms with van der Waals surface area (Å²) in [5, 5.41) is 7.89. The minimum absolute atomic E-state index is 1.25. The lowest BCUT2D eigenvalue weighted by molar-refractivity contribution is 1.37. The standard InChI is InChI=1S/C40H32/c1-25-10-9-11-26(2)39(25)30-18-16-29(17-19-30)32-22-27(3)40(28(4)23-32)31-20-21-37-35-14-6-5-12-33(35)34-13-7-8-15-36(34)38(37)24-31/h5-24H,1-4H3. The Hall–Kier alpha value is -4.68. The molecule has 0 aromatic heterocycles. The summed E-state index contributed by atoms with van der Waals surface area (Å²) in [4.78, 5) is 0. The van der Waals surface area contributed by atoms with Crippen LogP contribution < -0.4 is 0 Å². The number of benzene rings is 7. The first kappa shape index (κ1) is 24.4. The minimum Gasteiger partial charge on any atom is -0.0617 e. The fourth-order valence-corrected chi connectivity index (χ4v) is 6.75. The van der Waals surface area contributed by atoms with E-state index in [-0.39, 0.29) is 0 Å². The van der Waals surface area contributed by atoms with Gasteiger partial charge in [0.05, 0.1) is 0 Å². The van der Waals surface area contributed by atoms with Crippen LogP contribution in [0.5, 0.6) is 0 Å². The molecule has 0 radical (unpaired) electrons. The van der Waals surface area contributed by atoms with Crippen LogP contribution in [0.15, 0.2) is 121 Å². The first-order valence-electron chi connectivity index (χ1n) is 14.1. The molecule has 0 nitrogen and oxygen atoms in total. The van der Waals surface area contributed by atoms with E-state index in [9.17, 15) is 0 Å². The number of fused-ring (bicyclic) bond motifs is 6. The van der Waals surface area contributed by atoms with Gasteiger partial charge in [-0.25, -0.2) is 0 Å². The molecule has 0 bridgehead atoms. The van der Waals surface area contributed by atoms with Crippen molar-refractivity contribution >= 4 is 32.3 Å². The normalized spacial score (nSPS) is 11.5. The van der Waals surface area contributed by atoms with E-state index in [1.807, 2.05) is 0 Å². The third-order valence-corrected chi connectivity index (χ3v) is 8.55. The molecule has 40 heavy (non-hydrogen) atoms. The summed E-state index contributed by atoms with van der Waals surface area (Å²) < 4.78 is 0. The van der Waals surface area contributed by atoms with Gasteiger partial charge < -0.3 is 0 Å². The average Bonchev–Trinajstić information content (AvgIpc) is 2.97. The Bertz CT molecular complexity index is 2000. The molecule has 0 aliphatic carbocycles. The predicted molar refractivity (Wildman–Crippen MR) is 174 cm³/mol. The van der Waals surface area contributed by atoms with Gasteiger partial charge >= 0.3 is 0 Å². The van der Waals surface area contributed by atoms with Crippen LogP contribution >= 0.6 is 0 Å². The van der Waals surface area contributed by atoms with Crippen molar-refractivity contribution in [2.45, 2.75) is 27.7 Å². The molecule has 0 atom stereocenters. The largest absolute Gasteiger partial charge is 0.0617 e. The second-order valence-electron chi connectivity index (χ2n) is 11.2. The Kier molecular flexibility index (Phi) is 5.79. The van der Waals surface area contributed by atoms with Crippen LogP contribution in [-0.4, -0.2) is 0 Å². The molecule has 0 saturated heterocycles. The number of hydrogen-bond acceptors (Lipinski definition) is 0. The van der Waals surface area contributed by atoms with Crippen molar-refractivity contribution in [2.24, 2.45) is 0 Å². The van der Waals surface area contributed by atoms with E-state index >= 15 is 0 Å². The Balaban J connectivity index is 1.33. The Morgan fingerprint density at radius 2 is 0.700 bits per heavy atom. The molecule has 0 unspecified atom stereocenters. The lowest BCUT2D eigenvalue weighted by atomic mass is 9.88. The summed E-state index contributed by atoms with van der Waals surface area (Å²) in [5.74, 6) is 0. The lowest BCUT2D eigenvalue weighted by Crippen LogP contribution is -1.92. The van der Waals surface area contributed by atoms with Gasteiger partial charge in [-0.05, 0) is 122 Å². The highest BCUT2D eigenvalue weighted by atomic mass is 14.2. The third-order valence-electron chi connectivity index (χ3n) is 8.55. The van der Waals surface area contributed by atoms with Crippen LogP contribution in [0, 0.1) is 27.7 Å². The zero-order chi connectivity index (χ0) is 27.4. The maximum absolute atomic E-state index is 2.40. The Labute approximate surface area is 236 Å². The van der Waals surface area contributed by atoms with Gasteiger partial charge in [-0.15, -0.1) is 0 Å². The van der Waals surface area contributed by atoms with Crippen molar-refractivity contribution in [3.05, 3.63) is 144 Å². The monoisotopic (exact) mass is 512 g/mol. The Morgan fingerprint density at radius 1 is 0.275 bits per heavy atom. The van der Waals surface area contributed by atoms with E-state index in [1.54, 1.807) is 0 Å². The van der Waals surface area contributed by atoms with Crippen LogP contribution in [0.4, 0.5) is 0 Å². The Morgan fingerprint density at radius 3 is 1.25 bits per heavy atom. The molecule has 7 aromatic rings. The third kappa shape index (κ3) is 3.91. The molecule has 0 amide bonds. The molecule has 0 aliphatic rings. The van der Waals surface area contributed by atoms with Crippen molar-refractivity contribution in [2.75, 3.05) is 0 Å². The summed E-state index contributed by atoms with van der Waals surface area (Å²) in [6, 6.07) is 44.9. The lowest BCUT2D eigenvalue weighted by Gasteiger charge is -2.16. The first-order chi connectivity index (χ1) is 19.5. The molecule has 0 heterocycles. The number of hydrogen-bond donors (Lipinski definition) is 0. The molecule has 0 spiro atoms.